The van der Waals surface area contributed by atoms with Gasteiger partial charge < -0.3 is 10.0 Å². The number of rotatable bonds is 3. The van der Waals surface area contributed by atoms with Gasteiger partial charge in [-0.1, -0.05) is 36.4 Å². The quantitative estimate of drug-likeness (QED) is 0.640. The average Bonchev–Trinajstić information content (AvgIpc) is 3.53. The molecule has 1 saturated heterocycles. The van der Waals surface area contributed by atoms with E-state index < -0.39 is 11.9 Å². The molecule has 0 radical (unpaired) electrons. The van der Waals surface area contributed by atoms with Crippen molar-refractivity contribution in [1.82, 2.24) is 9.88 Å². The predicted octanol–water partition coefficient (Wildman–Crippen LogP) is 4.99. The van der Waals surface area contributed by atoms with Crippen molar-refractivity contribution < 1.29 is 14.3 Å². The molecule has 3 aromatic rings. The molecule has 3 aliphatic rings. The number of aliphatic hydroxyl groups excluding tert-OH is 1. The highest BCUT2D eigenvalue weighted by molar-refractivity contribution is 5.92. The lowest BCUT2D eigenvalue weighted by atomic mass is 9.80. The Hall–Kier alpha value is -3.05. The lowest BCUT2D eigenvalue weighted by Gasteiger charge is -2.25. The van der Waals surface area contributed by atoms with E-state index in [9.17, 15) is 14.3 Å². The third kappa shape index (κ3) is 3.15. The summed E-state index contributed by atoms with van der Waals surface area (Å²) in [5, 5.41) is 11.0. The first kappa shape index (κ1) is 19.6. The van der Waals surface area contributed by atoms with E-state index in [4.69, 9.17) is 0 Å². The molecular formula is C27H25FN2O2. The Labute approximate surface area is 186 Å². The number of hydrogen-bond acceptors (Lipinski definition) is 3. The molecule has 2 unspecified atom stereocenters. The Balaban J connectivity index is 1.30. The molecule has 2 atom stereocenters. The van der Waals surface area contributed by atoms with Crippen LogP contribution in [0.15, 0.2) is 60.8 Å². The van der Waals surface area contributed by atoms with Gasteiger partial charge in [0.1, 0.15) is 11.5 Å². The van der Waals surface area contributed by atoms with E-state index in [1.54, 1.807) is 4.90 Å². The minimum atomic E-state index is -0.531. The molecule has 1 saturated carbocycles. The van der Waals surface area contributed by atoms with Crippen LogP contribution in [0.3, 0.4) is 0 Å². The maximum atomic E-state index is 13.2. The summed E-state index contributed by atoms with van der Waals surface area (Å²) in [7, 11) is 0. The minimum absolute atomic E-state index is 0.181. The van der Waals surface area contributed by atoms with Crippen LogP contribution in [0.5, 0.6) is 0 Å². The number of likely N-dealkylation sites (tertiary alicyclic amines) is 1. The van der Waals surface area contributed by atoms with Gasteiger partial charge in [0.05, 0.1) is 12.3 Å². The summed E-state index contributed by atoms with van der Waals surface area (Å²) in [4.78, 5) is 18.7. The second-order valence-electron chi connectivity index (χ2n) is 9.50. The zero-order chi connectivity index (χ0) is 21.9. The summed E-state index contributed by atoms with van der Waals surface area (Å²) in [5.41, 5.74) is 5.98. The monoisotopic (exact) mass is 428 g/mol. The van der Waals surface area contributed by atoms with Gasteiger partial charge in [-0.3, -0.25) is 4.79 Å². The molecule has 5 heteroatoms. The van der Waals surface area contributed by atoms with Crippen LogP contribution < -0.4 is 0 Å². The number of carbonyl (C=O) groups excluding carboxylic acids is 1. The number of aliphatic hydroxyl groups is 1. The van der Waals surface area contributed by atoms with Crippen molar-refractivity contribution in [2.45, 2.75) is 43.1 Å². The van der Waals surface area contributed by atoms with Crippen molar-refractivity contribution in [3.05, 3.63) is 89.0 Å². The van der Waals surface area contributed by atoms with Gasteiger partial charge in [0.15, 0.2) is 0 Å². The first-order chi connectivity index (χ1) is 15.5. The molecular weight excluding hydrogens is 403 g/mol. The Kier molecular flexibility index (Phi) is 4.44. The van der Waals surface area contributed by atoms with E-state index in [0.29, 0.717) is 25.4 Å². The van der Waals surface area contributed by atoms with Crippen LogP contribution in [0, 0.1) is 5.82 Å². The lowest BCUT2D eigenvalue weighted by Crippen LogP contribution is -2.33. The SMILES string of the molecule is O=C(c1ccc(F)cn1)N1CCC2(CC(O)c3cc(-c4ccccc4C4CC4)ccc32)C1. The van der Waals surface area contributed by atoms with Crippen molar-refractivity contribution in [3.63, 3.8) is 0 Å². The van der Waals surface area contributed by atoms with E-state index in [1.807, 2.05) is 0 Å². The average molecular weight is 429 g/mol. The zero-order valence-electron chi connectivity index (χ0n) is 17.8. The highest BCUT2D eigenvalue weighted by Crippen LogP contribution is 2.52. The Morgan fingerprint density at radius 1 is 1.09 bits per heavy atom. The third-order valence-electron chi connectivity index (χ3n) is 7.44. The van der Waals surface area contributed by atoms with Gasteiger partial charge in [0.2, 0.25) is 0 Å². The number of fused-ring (bicyclic) bond motifs is 2. The minimum Gasteiger partial charge on any atom is -0.388 e. The zero-order valence-corrected chi connectivity index (χ0v) is 17.8. The van der Waals surface area contributed by atoms with Crippen LogP contribution >= 0.6 is 0 Å². The largest absolute Gasteiger partial charge is 0.388 e. The molecule has 1 spiro atoms. The molecule has 2 fully saturated rings. The Morgan fingerprint density at radius 3 is 2.72 bits per heavy atom. The molecule has 2 aromatic carbocycles. The van der Waals surface area contributed by atoms with Gasteiger partial charge in [0, 0.05) is 18.5 Å². The van der Waals surface area contributed by atoms with Gasteiger partial charge >= 0.3 is 0 Å². The molecule has 0 bridgehead atoms. The fraction of sp³-hybridized carbons (Fsp3) is 0.333. The maximum absolute atomic E-state index is 13.2. The second-order valence-corrected chi connectivity index (χ2v) is 9.50. The summed E-state index contributed by atoms with van der Waals surface area (Å²) in [5.74, 6) is 0.0244. The summed E-state index contributed by atoms with van der Waals surface area (Å²) in [6.07, 6.45) is 4.48. The van der Waals surface area contributed by atoms with E-state index in [2.05, 4.69) is 47.4 Å². The van der Waals surface area contributed by atoms with E-state index in [0.717, 1.165) is 29.3 Å². The van der Waals surface area contributed by atoms with Crippen LogP contribution in [-0.2, 0) is 5.41 Å². The molecule has 1 aliphatic heterocycles. The molecule has 1 aromatic heterocycles. The van der Waals surface area contributed by atoms with Gasteiger partial charge in [0.25, 0.3) is 5.91 Å². The molecule has 2 aliphatic carbocycles. The summed E-state index contributed by atoms with van der Waals surface area (Å²) in [6.45, 7) is 1.16. The number of benzene rings is 2. The molecule has 1 amide bonds. The van der Waals surface area contributed by atoms with Crippen LogP contribution in [0.4, 0.5) is 4.39 Å². The number of pyridine rings is 1. The lowest BCUT2D eigenvalue weighted by molar-refractivity contribution is 0.0770. The van der Waals surface area contributed by atoms with Gasteiger partial charge in [-0.25, -0.2) is 9.37 Å². The highest BCUT2D eigenvalue weighted by Gasteiger charge is 2.48. The van der Waals surface area contributed by atoms with Crippen LogP contribution in [-0.4, -0.2) is 34.0 Å². The number of halogens is 1. The van der Waals surface area contributed by atoms with E-state index in [1.165, 1.54) is 36.1 Å². The number of amides is 1. The molecule has 1 N–H and O–H groups in total. The third-order valence-corrected chi connectivity index (χ3v) is 7.44. The molecule has 6 rings (SSSR count). The predicted molar refractivity (Wildman–Crippen MR) is 120 cm³/mol. The van der Waals surface area contributed by atoms with Gasteiger partial charge in [-0.15, -0.1) is 0 Å². The van der Waals surface area contributed by atoms with Crippen LogP contribution in [0.1, 0.15) is 64.9 Å². The topological polar surface area (TPSA) is 53.4 Å². The molecule has 2 heterocycles. The molecule has 4 nitrogen and oxygen atoms in total. The Morgan fingerprint density at radius 2 is 1.94 bits per heavy atom. The smallest absolute Gasteiger partial charge is 0.272 e. The fourth-order valence-electron chi connectivity index (χ4n) is 5.69. The first-order valence-electron chi connectivity index (χ1n) is 11.4. The van der Waals surface area contributed by atoms with E-state index >= 15 is 0 Å². The van der Waals surface area contributed by atoms with Gasteiger partial charge in [-0.2, -0.15) is 0 Å². The summed E-state index contributed by atoms with van der Waals surface area (Å²) >= 11 is 0. The highest BCUT2D eigenvalue weighted by atomic mass is 19.1. The van der Waals surface area contributed by atoms with Crippen molar-refractivity contribution in [2.75, 3.05) is 13.1 Å². The Bertz CT molecular complexity index is 1200. The first-order valence-corrected chi connectivity index (χ1v) is 11.4. The number of aromatic nitrogens is 1. The standard InChI is InChI=1S/C27H25FN2O2/c28-19-8-10-24(29-15-19)26(32)30-12-11-27(16-30)14-25(31)22-13-18(7-9-23(22)27)21-4-2-1-3-20(21)17-5-6-17/h1-4,7-10,13,15,17,25,31H,5-6,11-12,14,16H2. The van der Waals surface area contributed by atoms with Crippen molar-refractivity contribution in [2.24, 2.45) is 0 Å². The number of nitrogens with zero attached hydrogens (tertiary/aromatic N) is 2. The van der Waals surface area contributed by atoms with Crippen molar-refractivity contribution in [3.8, 4) is 11.1 Å². The summed E-state index contributed by atoms with van der Waals surface area (Å²) < 4.78 is 13.2. The molecule has 32 heavy (non-hydrogen) atoms. The van der Waals surface area contributed by atoms with Gasteiger partial charge in [-0.05, 0) is 77.6 Å². The maximum Gasteiger partial charge on any atom is 0.272 e. The normalized spacial score (nSPS) is 24.2. The second kappa shape index (κ2) is 7.24. The summed E-state index contributed by atoms with van der Waals surface area (Å²) in [6, 6.07) is 17.8. The number of carbonyl (C=O) groups is 1. The number of hydrogen-bond donors (Lipinski definition) is 1. The molecule has 162 valence electrons. The van der Waals surface area contributed by atoms with E-state index in [-0.39, 0.29) is 17.0 Å². The van der Waals surface area contributed by atoms with Crippen molar-refractivity contribution in [1.29, 1.82) is 0 Å². The van der Waals surface area contributed by atoms with Crippen LogP contribution in [0.25, 0.3) is 11.1 Å². The fourth-order valence-corrected chi connectivity index (χ4v) is 5.69. The van der Waals surface area contributed by atoms with Crippen molar-refractivity contribution >= 4 is 5.91 Å². The van der Waals surface area contributed by atoms with Crippen LogP contribution in [0.2, 0.25) is 0 Å².